The van der Waals surface area contributed by atoms with Crippen molar-refractivity contribution in [1.29, 1.82) is 0 Å². The van der Waals surface area contributed by atoms with E-state index in [-0.39, 0.29) is 11.4 Å². The molecule has 0 unspecified atom stereocenters. The molecule has 31 heavy (non-hydrogen) atoms. The predicted octanol–water partition coefficient (Wildman–Crippen LogP) is 3.60. The van der Waals surface area contributed by atoms with Crippen molar-refractivity contribution in [2.45, 2.75) is 17.9 Å². The molecule has 160 valence electrons. The summed E-state index contributed by atoms with van der Waals surface area (Å²) in [6.07, 6.45) is -1.04. The standard InChI is InChI=1S/C23H22N2O5S/c1-16-12-13-20(29-2)18(14-16)24-23(26)22-15-25(19-10-6-7-11-21(19)30-22)31(27,28)17-8-4-3-5-9-17/h3-14,22H,15H2,1-2H3,(H,24,26)/t22-/m0/s1. The SMILES string of the molecule is COc1ccc(C)cc1NC(=O)[C@@H]1CN(S(=O)(=O)c2ccccc2)c2ccccc2O1. The maximum absolute atomic E-state index is 13.3. The summed E-state index contributed by atoms with van der Waals surface area (Å²) in [5.41, 5.74) is 1.83. The van der Waals surface area contributed by atoms with Gasteiger partial charge in [-0.05, 0) is 48.9 Å². The van der Waals surface area contributed by atoms with Crippen molar-refractivity contribution in [3.8, 4) is 11.5 Å². The highest BCUT2D eigenvalue weighted by Crippen LogP contribution is 2.37. The van der Waals surface area contributed by atoms with Gasteiger partial charge in [-0.3, -0.25) is 9.10 Å². The topological polar surface area (TPSA) is 84.9 Å². The Kier molecular flexibility index (Phi) is 5.56. The van der Waals surface area contributed by atoms with Crippen LogP contribution < -0.4 is 19.1 Å². The minimum absolute atomic E-state index is 0.145. The molecule has 0 radical (unpaired) electrons. The normalized spacial score (nSPS) is 15.5. The van der Waals surface area contributed by atoms with E-state index in [9.17, 15) is 13.2 Å². The third-order valence-electron chi connectivity index (χ3n) is 4.97. The van der Waals surface area contributed by atoms with Gasteiger partial charge in [0.25, 0.3) is 15.9 Å². The van der Waals surface area contributed by atoms with Crippen LogP contribution in [0, 0.1) is 6.92 Å². The van der Waals surface area contributed by atoms with Gasteiger partial charge in [-0.1, -0.05) is 36.4 Å². The van der Waals surface area contributed by atoms with E-state index in [1.54, 1.807) is 54.6 Å². The lowest BCUT2D eigenvalue weighted by Crippen LogP contribution is -2.48. The Morgan fingerprint density at radius 1 is 1.06 bits per heavy atom. The minimum atomic E-state index is -3.89. The molecule has 0 bridgehead atoms. The van der Waals surface area contributed by atoms with Crippen LogP contribution in [-0.4, -0.2) is 34.1 Å². The van der Waals surface area contributed by atoms with E-state index in [0.717, 1.165) is 5.56 Å². The number of nitrogens with one attached hydrogen (secondary N) is 1. The van der Waals surface area contributed by atoms with Crippen molar-refractivity contribution in [1.82, 2.24) is 0 Å². The average Bonchev–Trinajstić information content (AvgIpc) is 2.79. The van der Waals surface area contributed by atoms with E-state index in [1.807, 2.05) is 13.0 Å². The molecule has 1 heterocycles. The van der Waals surface area contributed by atoms with Gasteiger partial charge in [-0.15, -0.1) is 0 Å². The van der Waals surface area contributed by atoms with E-state index in [1.165, 1.54) is 23.5 Å². The summed E-state index contributed by atoms with van der Waals surface area (Å²) < 4.78 is 39.1. The van der Waals surface area contributed by atoms with Crippen molar-refractivity contribution in [3.05, 3.63) is 78.4 Å². The third kappa shape index (κ3) is 4.06. The van der Waals surface area contributed by atoms with Crippen LogP contribution in [0.4, 0.5) is 11.4 Å². The van der Waals surface area contributed by atoms with Crippen LogP contribution in [0.3, 0.4) is 0 Å². The van der Waals surface area contributed by atoms with Crippen molar-refractivity contribution < 1.29 is 22.7 Å². The number of nitrogens with zero attached hydrogens (tertiary/aromatic N) is 1. The molecule has 0 saturated carbocycles. The third-order valence-corrected chi connectivity index (χ3v) is 6.77. The molecular formula is C23H22N2O5S. The number of methoxy groups -OCH3 is 1. The monoisotopic (exact) mass is 438 g/mol. The molecule has 0 spiro atoms. The predicted molar refractivity (Wildman–Crippen MR) is 118 cm³/mol. The Morgan fingerprint density at radius 3 is 2.52 bits per heavy atom. The number of hydrogen-bond donors (Lipinski definition) is 1. The number of amides is 1. The number of sulfonamides is 1. The van der Waals surface area contributed by atoms with Gasteiger partial charge < -0.3 is 14.8 Å². The number of carbonyl (C=O) groups excluding carboxylic acids is 1. The highest BCUT2D eigenvalue weighted by Gasteiger charge is 2.37. The Balaban J connectivity index is 1.67. The number of para-hydroxylation sites is 2. The second-order valence-electron chi connectivity index (χ2n) is 7.12. The lowest BCUT2D eigenvalue weighted by molar-refractivity contribution is -0.122. The van der Waals surface area contributed by atoms with Crippen LogP contribution in [0.15, 0.2) is 77.7 Å². The largest absolute Gasteiger partial charge is 0.495 e. The number of ether oxygens (including phenoxy) is 2. The van der Waals surface area contributed by atoms with Gasteiger partial charge in [-0.2, -0.15) is 0 Å². The first kappa shape index (κ1) is 20.7. The summed E-state index contributed by atoms with van der Waals surface area (Å²) in [6.45, 7) is 1.74. The zero-order valence-corrected chi connectivity index (χ0v) is 17.9. The Morgan fingerprint density at radius 2 is 1.77 bits per heavy atom. The minimum Gasteiger partial charge on any atom is -0.495 e. The summed E-state index contributed by atoms with van der Waals surface area (Å²) in [5.74, 6) is 0.361. The molecule has 1 amide bonds. The Bertz CT molecular complexity index is 1210. The molecule has 3 aromatic rings. The van der Waals surface area contributed by atoms with Crippen LogP contribution in [-0.2, 0) is 14.8 Å². The van der Waals surface area contributed by atoms with Crippen molar-refractivity contribution in [2.75, 3.05) is 23.3 Å². The molecule has 8 heteroatoms. The summed E-state index contributed by atoms with van der Waals surface area (Å²) >= 11 is 0. The average molecular weight is 439 g/mol. The lowest BCUT2D eigenvalue weighted by atomic mass is 10.2. The number of carbonyl (C=O) groups is 1. The van der Waals surface area contributed by atoms with Crippen LogP contribution in [0.2, 0.25) is 0 Å². The molecule has 7 nitrogen and oxygen atoms in total. The molecule has 1 aliphatic heterocycles. The molecule has 1 N–H and O–H groups in total. The fourth-order valence-electron chi connectivity index (χ4n) is 3.42. The molecule has 0 aromatic heterocycles. The number of rotatable bonds is 5. The molecule has 4 rings (SSSR count). The second kappa shape index (κ2) is 8.31. The van der Waals surface area contributed by atoms with Crippen LogP contribution >= 0.6 is 0 Å². The van der Waals surface area contributed by atoms with Crippen LogP contribution in [0.25, 0.3) is 0 Å². The zero-order chi connectivity index (χ0) is 22.0. The summed E-state index contributed by atoms with van der Waals surface area (Å²) in [6, 6.07) is 20.3. The van der Waals surface area contributed by atoms with E-state index >= 15 is 0 Å². The quantitative estimate of drug-likeness (QED) is 0.658. The molecule has 0 saturated heterocycles. The first-order chi connectivity index (χ1) is 14.9. The number of aryl methyl sites for hydroxylation is 1. The van der Waals surface area contributed by atoms with Gasteiger partial charge in [0.1, 0.15) is 11.5 Å². The Labute approximate surface area is 181 Å². The molecular weight excluding hydrogens is 416 g/mol. The number of hydrogen-bond acceptors (Lipinski definition) is 5. The fourth-order valence-corrected chi connectivity index (χ4v) is 4.92. The van der Waals surface area contributed by atoms with Crippen LogP contribution in [0.1, 0.15) is 5.56 Å². The summed E-state index contributed by atoms with van der Waals surface area (Å²) in [4.78, 5) is 13.2. The molecule has 3 aromatic carbocycles. The van der Waals surface area contributed by atoms with Crippen molar-refractivity contribution >= 4 is 27.3 Å². The number of fused-ring (bicyclic) bond motifs is 1. The van der Waals surface area contributed by atoms with Gasteiger partial charge >= 0.3 is 0 Å². The first-order valence-electron chi connectivity index (χ1n) is 9.69. The maximum atomic E-state index is 13.3. The molecule has 1 aliphatic rings. The molecule has 1 atom stereocenters. The smallest absolute Gasteiger partial charge is 0.267 e. The van der Waals surface area contributed by atoms with Gasteiger partial charge in [0, 0.05) is 0 Å². The Hall–Kier alpha value is -3.52. The van der Waals surface area contributed by atoms with Gasteiger partial charge in [-0.25, -0.2) is 8.42 Å². The fraction of sp³-hybridized carbons (Fsp3) is 0.174. The summed E-state index contributed by atoms with van der Waals surface area (Å²) in [7, 11) is -2.37. The highest BCUT2D eigenvalue weighted by atomic mass is 32.2. The van der Waals surface area contributed by atoms with Gasteiger partial charge in [0.05, 0.1) is 29.9 Å². The van der Waals surface area contributed by atoms with E-state index in [0.29, 0.717) is 22.9 Å². The maximum Gasteiger partial charge on any atom is 0.267 e. The first-order valence-corrected chi connectivity index (χ1v) is 11.1. The number of anilines is 2. The van der Waals surface area contributed by atoms with E-state index in [2.05, 4.69) is 5.32 Å². The van der Waals surface area contributed by atoms with Gasteiger partial charge in [0.2, 0.25) is 0 Å². The van der Waals surface area contributed by atoms with Gasteiger partial charge in [0.15, 0.2) is 6.10 Å². The second-order valence-corrected chi connectivity index (χ2v) is 8.98. The lowest BCUT2D eigenvalue weighted by Gasteiger charge is -2.34. The molecule has 0 aliphatic carbocycles. The van der Waals surface area contributed by atoms with E-state index in [4.69, 9.17) is 9.47 Å². The van der Waals surface area contributed by atoms with Crippen molar-refractivity contribution in [2.24, 2.45) is 0 Å². The van der Waals surface area contributed by atoms with E-state index < -0.39 is 22.0 Å². The zero-order valence-electron chi connectivity index (χ0n) is 17.1. The molecule has 0 fully saturated rings. The van der Waals surface area contributed by atoms with Crippen LogP contribution in [0.5, 0.6) is 11.5 Å². The summed E-state index contributed by atoms with van der Waals surface area (Å²) in [5, 5.41) is 2.80. The highest BCUT2D eigenvalue weighted by molar-refractivity contribution is 7.92. The number of benzene rings is 3. The van der Waals surface area contributed by atoms with Crippen molar-refractivity contribution in [3.63, 3.8) is 0 Å².